The number of rotatable bonds is 8. The minimum Gasteiger partial charge on any atom is -0.462 e. The van der Waals surface area contributed by atoms with E-state index in [1.54, 1.807) is 25.3 Å². The van der Waals surface area contributed by atoms with Crippen LogP contribution >= 0.6 is 28.6 Å². The van der Waals surface area contributed by atoms with E-state index in [0.29, 0.717) is 43.3 Å². The molecule has 0 heterocycles. The van der Waals surface area contributed by atoms with Gasteiger partial charge in [0.2, 0.25) is 0 Å². The van der Waals surface area contributed by atoms with E-state index in [9.17, 15) is 4.79 Å². The molecule has 0 radical (unpaired) electrons. The molecule has 1 aromatic rings. The van der Waals surface area contributed by atoms with Gasteiger partial charge in [-0.2, -0.15) is 0 Å². The van der Waals surface area contributed by atoms with Crippen LogP contribution in [-0.2, 0) is 14.2 Å². The monoisotopic (exact) mass is 348 g/mol. The molecule has 0 bridgehead atoms. The highest BCUT2D eigenvalue weighted by atomic mass is 79.9. The van der Waals surface area contributed by atoms with E-state index in [2.05, 4.69) is 28.6 Å². The van der Waals surface area contributed by atoms with Gasteiger partial charge in [-0.1, -0.05) is 15.9 Å². The Kier molecular flexibility index (Phi) is 8.13. The molecule has 0 aliphatic rings. The average molecular weight is 349 g/mol. The molecule has 0 aliphatic carbocycles. The lowest BCUT2D eigenvalue weighted by Crippen LogP contribution is -2.10. The Hall–Kier alpha value is -0.560. The Bertz CT molecular complexity index is 412. The number of carbonyl (C=O) groups excluding carboxylic acids is 1. The highest BCUT2D eigenvalue weighted by molar-refractivity contribution is 9.10. The molecule has 0 aromatic heterocycles. The summed E-state index contributed by atoms with van der Waals surface area (Å²) in [6.45, 7) is 2.00. The van der Waals surface area contributed by atoms with Crippen LogP contribution in [0.2, 0.25) is 0 Å². The molecule has 19 heavy (non-hydrogen) atoms. The summed E-state index contributed by atoms with van der Waals surface area (Å²) in [5.74, 6) is -0.366. The van der Waals surface area contributed by atoms with Gasteiger partial charge in [0.25, 0.3) is 0 Å². The Morgan fingerprint density at radius 2 is 2.05 bits per heavy atom. The molecule has 106 valence electrons. The zero-order valence-corrected chi connectivity index (χ0v) is 13.2. The number of hydrogen-bond donors (Lipinski definition) is 1. The van der Waals surface area contributed by atoms with E-state index in [0.717, 1.165) is 4.47 Å². The van der Waals surface area contributed by atoms with Crippen LogP contribution in [0.1, 0.15) is 16.8 Å². The Morgan fingerprint density at radius 1 is 1.26 bits per heavy atom. The van der Waals surface area contributed by atoms with Crippen LogP contribution < -0.4 is 0 Å². The fourth-order valence-corrected chi connectivity index (χ4v) is 2.17. The third kappa shape index (κ3) is 6.42. The summed E-state index contributed by atoms with van der Waals surface area (Å²) in [7, 11) is 1.62. The molecule has 0 atom stereocenters. The van der Waals surface area contributed by atoms with Crippen molar-refractivity contribution in [3.8, 4) is 0 Å². The summed E-state index contributed by atoms with van der Waals surface area (Å²) in [5.41, 5.74) is 0.465. The van der Waals surface area contributed by atoms with Gasteiger partial charge in [0.1, 0.15) is 0 Å². The van der Waals surface area contributed by atoms with Crippen LogP contribution in [-0.4, -0.2) is 39.5 Å². The molecule has 0 unspecified atom stereocenters. The van der Waals surface area contributed by atoms with Gasteiger partial charge in [0.05, 0.1) is 25.4 Å². The third-order valence-electron chi connectivity index (χ3n) is 2.28. The number of carbonyl (C=O) groups is 1. The molecular weight excluding hydrogens is 332 g/mol. The fraction of sp³-hybridized carbons (Fsp3) is 0.462. The molecule has 0 aliphatic heterocycles. The summed E-state index contributed by atoms with van der Waals surface area (Å²) >= 11 is 7.55. The second-order valence-electron chi connectivity index (χ2n) is 3.76. The molecule has 0 fully saturated rings. The predicted octanol–water partition coefficient (Wildman–Crippen LogP) is 2.95. The first-order chi connectivity index (χ1) is 9.15. The molecule has 1 aromatic carbocycles. The minimum atomic E-state index is -0.366. The van der Waals surface area contributed by atoms with E-state index in [1.165, 1.54) is 0 Å². The van der Waals surface area contributed by atoms with Crippen molar-refractivity contribution in [2.45, 2.75) is 11.3 Å². The van der Waals surface area contributed by atoms with Crippen molar-refractivity contribution in [2.24, 2.45) is 0 Å². The highest BCUT2D eigenvalue weighted by Gasteiger charge is 2.10. The maximum Gasteiger partial charge on any atom is 0.339 e. The van der Waals surface area contributed by atoms with Gasteiger partial charge >= 0.3 is 5.97 Å². The summed E-state index contributed by atoms with van der Waals surface area (Å²) in [6.07, 6.45) is 0.661. The van der Waals surface area contributed by atoms with Gasteiger partial charge in [-0.15, -0.1) is 12.6 Å². The van der Waals surface area contributed by atoms with Gasteiger partial charge in [-0.3, -0.25) is 0 Å². The summed E-state index contributed by atoms with van der Waals surface area (Å²) in [4.78, 5) is 12.4. The van der Waals surface area contributed by atoms with E-state index in [-0.39, 0.29) is 5.97 Å². The largest absolute Gasteiger partial charge is 0.462 e. The number of hydrogen-bond acceptors (Lipinski definition) is 5. The molecule has 6 heteroatoms. The summed E-state index contributed by atoms with van der Waals surface area (Å²) < 4.78 is 16.1. The predicted molar refractivity (Wildman–Crippen MR) is 79.0 cm³/mol. The minimum absolute atomic E-state index is 0.328. The van der Waals surface area contributed by atoms with Crippen molar-refractivity contribution in [2.75, 3.05) is 33.5 Å². The molecule has 0 N–H and O–H groups in total. The average Bonchev–Trinajstić information content (AvgIpc) is 2.37. The number of methoxy groups -OCH3 is 1. The van der Waals surface area contributed by atoms with Gasteiger partial charge in [-0.25, -0.2) is 4.79 Å². The van der Waals surface area contributed by atoms with Crippen LogP contribution in [0, 0.1) is 0 Å². The molecule has 1 rings (SSSR count). The summed E-state index contributed by atoms with van der Waals surface area (Å²) in [6, 6.07) is 5.22. The van der Waals surface area contributed by atoms with Gasteiger partial charge in [0.15, 0.2) is 0 Å². The lowest BCUT2D eigenvalue weighted by Gasteiger charge is -2.07. The third-order valence-corrected chi connectivity index (χ3v) is 3.14. The Morgan fingerprint density at radius 3 is 2.74 bits per heavy atom. The molecule has 0 saturated heterocycles. The summed E-state index contributed by atoms with van der Waals surface area (Å²) in [5, 5.41) is 0. The number of benzene rings is 1. The molecule has 4 nitrogen and oxygen atoms in total. The maximum atomic E-state index is 11.8. The van der Waals surface area contributed by atoms with E-state index < -0.39 is 0 Å². The van der Waals surface area contributed by atoms with Crippen molar-refractivity contribution >= 4 is 34.5 Å². The standard InChI is InChI=1S/C13H17BrO4S/c1-16-7-8-17-5-2-6-18-13(15)11-4-3-10(14)9-12(11)19/h3-4,9,19H,2,5-8H2,1H3. The van der Waals surface area contributed by atoms with E-state index >= 15 is 0 Å². The first-order valence-corrected chi connectivity index (χ1v) is 7.11. The van der Waals surface area contributed by atoms with Crippen LogP contribution in [0.3, 0.4) is 0 Å². The molecule has 0 spiro atoms. The van der Waals surface area contributed by atoms with Gasteiger partial charge in [-0.05, 0) is 18.2 Å². The van der Waals surface area contributed by atoms with Crippen molar-refractivity contribution in [1.82, 2.24) is 0 Å². The highest BCUT2D eigenvalue weighted by Crippen LogP contribution is 2.20. The quantitative estimate of drug-likeness (QED) is 0.445. The van der Waals surface area contributed by atoms with Crippen molar-refractivity contribution in [1.29, 1.82) is 0 Å². The Labute approximate surface area is 127 Å². The lowest BCUT2D eigenvalue weighted by atomic mass is 10.2. The normalized spacial score (nSPS) is 10.5. The molecular formula is C13H17BrO4S. The zero-order chi connectivity index (χ0) is 14.1. The topological polar surface area (TPSA) is 44.8 Å². The van der Waals surface area contributed by atoms with E-state index in [1.807, 2.05) is 0 Å². The van der Waals surface area contributed by atoms with Crippen LogP contribution in [0.5, 0.6) is 0 Å². The number of ether oxygens (including phenoxy) is 3. The maximum absolute atomic E-state index is 11.8. The zero-order valence-electron chi connectivity index (χ0n) is 10.7. The lowest BCUT2D eigenvalue weighted by molar-refractivity contribution is 0.0382. The number of esters is 1. The van der Waals surface area contributed by atoms with Crippen LogP contribution in [0.4, 0.5) is 0 Å². The molecule has 0 amide bonds. The Balaban J connectivity index is 2.24. The van der Waals surface area contributed by atoms with Gasteiger partial charge in [0, 0.05) is 29.5 Å². The first kappa shape index (κ1) is 16.5. The van der Waals surface area contributed by atoms with E-state index in [4.69, 9.17) is 14.2 Å². The van der Waals surface area contributed by atoms with Crippen molar-refractivity contribution in [3.05, 3.63) is 28.2 Å². The second-order valence-corrected chi connectivity index (χ2v) is 5.15. The SMILES string of the molecule is COCCOCCCOC(=O)c1ccc(Br)cc1S. The number of halogens is 1. The van der Waals surface area contributed by atoms with Gasteiger partial charge < -0.3 is 14.2 Å². The van der Waals surface area contributed by atoms with Crippen LogP contribution in [0.25, 0.3) is 0 Å². The van der Waals surface area contributed by atoms with Crippen molar-refractivity contribution < 1.29 is 19.0 Å². The fourth-order valence-electron chi connectivity index (χ4n) is 1.33. The van der Waals surface area contributed by atoms with Crippen molar-refractivity contribution in [3.63, 3.8) is 0 Å². The molecule has 0 saturated carbocycles. The first-order valence-electron chi connectivity index (χ1n) is 5.87. The smallest absolute Gasteiger partial charge is 0.339 e. The van der Waals surface area contributed by atoms with Crippen LogP contribution in [0.15, 0.2) is 27.6 Å². The second kappa shape index (κ2) is 9.36. The number of thiol groups is 1.